The molecular formula is C8H12N4O4S. The van der Waals surface area contributed by atoms with Gasteiger partial charge in [-0.1, -0.05) is 0 Å². The number of aromatic nitrogens is 2. The van der Waals surface area contributed by atoms with E-state index in [1.54, 1.807) is 6.92 Å². The van der Waals surface area contributed by atoms with Crippen LogP contribution in [-0.4, -0.2) is 36.8 Å². The van der Waals surface area contributed by atoms with Gasteiger partial charge in [-0.05, 0) is 12.1 Å². The molecule has 1 aromatic heterocycles. The second kappa shape index (κ2) is 4.00. The van der Waals surface area contributed by atoms with E-state index in [9.17, 15) is 8.42 Å². The summed E-state index contributed by atoms with van der Waals surface area (Å²) in [5, 5.41) is 12.4. The number of primary sulfonamides is 1. The van der Waals surface area contributed by atoms with Gasteiger partial charge in [-0.3, -0.25) is 4.68 Å². The van der Waals surface area contributed by atoms with Gasteiger partial charge >= 0.3 is 0 Å². The zero-order chi connectivity index (χ0) is 12.6. The SMILES string of the molecule is CC1COC(c2cnn(C)c2S(N)(=O)=O)=NO1. The van der Waals surface area contributed by atoms with Crippen LogP contribution in [0.4, 0.5) is 0 Å². The van der Waals surface area contributed by atoms with Crippen molar-refractivity contribution in [1.82, 2.24) is 9.78 Å². The minimum Gasteiger partial charge on any atom is -0.471 e. The molecule has 0 saturated carbocycles. The molecule has 0 fully saturated rings. The van der Waals surface area contributed by atoms with E-state index in [2.05, 4.69) is 10.3 Å². The molecule has 1 unspecified atom stereocenters. The molecular weight excluding hydrogens is 248 g/mol. The van der Waals surface area contributed by atoms with Crippen molar-refractivity contribution in [2.75, 3.05) is 6.61 Å². The van der Waals surface area contributed by atoms with Gasteiger partial charge in [0.05, 0.1) is 11.8 Å². The van der Waals surface area contributed by atoms with Gasteiger partial charge in [-0.15, -0.1) is 0 Å². The number of nitrogens with zero attached hydrogens (tertiary/aromatic N) is 3. The molecule has 0 saturated heterocycles. The summed E-state index contributed by atoms with van der Waals surface area (Å²) in [6.45, 7) is 2.07. The minimum absolute atomic E-state index is 0.0697. The maximum absolute atomic E-state index is 11.4. The Morgan fingerprint density at radius 3 is 2.82 bits per heavy atom. The van der Waals surface area contributed by atoms with Gasteiger partial charge in [-0.25, -0.2) is 13.6 Å². The molecule has 0 spiro atoms. The van der Waals surface area contributed by atoms with Crippen molar-refractivity contribution < 1.29 is 18.0 Å². The Bertz CT molecular complexity index is 562. The summed E-state index contributed by atoms with van der Waals surface area (Å²) >= 11 is 0. The lowest BCUT2D eigenvalue weighted by molar-refractivity contribution is 0.00138. The first kappa shape index (κ1) is 11.9. The molecule has 2 N–H and O–H groups in total. The molecule has 8 nitrogen and oxygen atoms in total. The maximum Gasteiger partial charge on any atom is 0.262 e. The predicted molar refractivity (Wildman–Crippen MR) is 57.6 cm³/mol. The van der Waals surface area contributed by atoms with Gasteiger partial charge in [-0.2, -0.15) is 5.10 Å². The molecule has 2 heterocycles. The van der Waals surface area contributed by atoms with E-state index in [4.69, 9.17) is 14.7 Å². The smallest absolute Gasteiger partial charge is 0.262 e. The monoisotopic (exact) mass is 260 g/mol. The van der Waals surface area contributed by atoms with Crippen LogP contribution in [0.25, 0.3) is 0 Å². The normalized spacial score (nSPS) is 20.4. The average molecular weight is 260 g/mol. The van der Waals surface area contributed by atoms with Crippen molar-refractivity contribution in [3.05, 3.63) is 11.8 Å². The summed E-state index contributed by atoms with van der Waals surface area (Å²) in [6.07, 6.45) is 1.14. The van der Waals surface area contributed by atoms with Crippen molar-refractivity contribution in [2.24, 2.45) is 17.3 Å². The number of ether oxygens (including phenoxy) is 1. The van der Waals surface area contributed by atoms with Crippen LogP contribution in [0.1, 0.15) is 12.5 Å². The molecule has 1 aliphatic heterocycles. The number of sulfonamides is 1. The Balaban J connectivity index is 2.48. The summed E-state index contributed by atoms with van der Waals surface area (Å²) in [6, 6.07) is 0. The summed E-state index contributed by atoms with van der Waals surface area (Å²) in [5.41, 5.74) is 0.196. The Morgan fingerprint density at radius 1 is 1.59 bits per heavy atom. The van der Waals surface area contributed by atoms with E-state index in [0.29, 0.717) is 0 Å². The van der Waals surface area contributed by atoms with Crippen LogP contribution in [0.5, 0.6) is 0 Å². The molecule has 17 heavy (non-hydrogen) atoms. The summed E-state index contributed by atoms with van der Waals surface area (Å²) < 4.78 is 29.2. The molecule has 0 aliphatic carbocycles. The first-order valence-electron chi connectivity index (χ1n) is 4.81. The summed E-state index contributed by atoms with van der Waals surface area (Å²) in [7, 11) is -2.43. The molecule has 1 aliphatic rings. The highest BCUT2D eigenvalue weighted by atomic mass is 32.2. The van der Waals surface area contributed by atoms with Crippen LogP contribution in [0.2, 0.25) is 0 Å². The third-order valence-electron chi connectivity index (χ3n) is 2.15. The van der Waals surface area contributed by atoms with E-state index in [0.717, 1.165) is 4.68 Å². The van der Waals surface area contributed by atoms with Gasteiger partial charge < -0.3 is 9.57 Å². The van der Waals surface area contributed by atoms with Crippen molar-refractivity contribution >= 4 is 15.9 Å². The van der Waals surface area contributed by atoms with Crippen LogP contribution in [0, 0.1) is 0 Å². The van der Waals surface area contributed by atoms with E-state index >= 15 is 0 Å². The lowest BCUT2D eigenvalue weighted by atomic mass is 10.3. The van der Waals surface area contributed by atoms with E-state index < -0.39 is 10.0 Å². The first-order chi connectivity index (χ1) is 7.89. The second-order valence-corrected chi connectivity index (χ2v) is 5.13. The average Bonchev–Trinajstić information content (AvgIpc) is 2.61. The molecule has 1 atom stereocenters. The molecule has 1 aromatic rings. The van der Waals surface area contributed by atoms with Crippen LogP contribution in [-0.2, 0) is 26.6 Å². The second-order valence-electron chi connectivity index (χ2n) is 3.66. The maximum atomic E-state index is 11.4. The lowest BCUT2D eigenvalue weighted by Gasteiger charge is -2.18. The van der Waals surface area contributed by atoms with E-state index in [1.165, 1.54) is 13.2 Å². The fraction of sp³-hybridized carbons (Fsp3) is 0.500. The topological polar surface area (TPSA) is 109 Å². The number of hydrogen-bond acceptors (Lipinski definition) is 6. The minimum atomic E-state index is -3.90. The van der Waals surface area contributed by atoms with Gasteiger partial charge in [0, 0.05) is 7.05 Å². The van der Waals surface area contributed by atoms with Crippen LogP contribution < -0.4 is 5.14 Å². The van der Waals surface area contributed by atoms with Crippen molar-refractivity contribution in [3.63, 3.8) is 0 Å². The van der Waals surface area contributed by atoms with Crippen molar-refractivity contribution in [2.45, 2.75) is 18.1 Å². The molecule has 0 amide bonds. The van der Waals surface area contributed by atoms with E-state index in [-0.39, 0.29) is 29.2 Å². The fourth-order valence-corrected chi connectivity index (χ4v) is 2.29. The zero-order valence-corrected chi connectivity index (χ0v) is 10.1. The molecule has 94 valence electrons. The van der Waals surface area contributed by atoms with Gasteiger partial charge in [0.15, 0.2) is 11.1 Å². The van der Waals surface area contributed by atoms with Gasteiger partial charge in [0.1, 0.15) is 6.61 Å². The highest BCUT2D eigenvalue weighted by Crippen LogP contribution is 2.17. The summed E-state index contributed by atoms with van der Waals surface area (Å²) in [5.74, 6) is 0.0697. The molecule has 2 rings (SSSR count). The fourth-order valence-electron chi connectivity index (χ4n) is 1.43. The quantitative estimate of drug-likeness (QED) is 0.746. The van der Waals surface area contributed by atoms with Crippen molar-refractivity contribution in [3.8, 4) is 0 Å². The third-order valence-corrected chi connectivity index (χ3v) is 3.18. The number of oxime groups is 1. The van der Waals surface area contributed by atoms with Gasteiger partial charge in [0.2, 0.25) is 0 Å². The summed E-state index contributed by atoms with van der Waals surface area (Å²) in [4.78, 5) is 5.01. The largest absolute Gasteiger partial charge is 0.471 e. The lowest BCUT2D eigenvalue weighted by Crippen LogP contribution is -2.26. The number of nitrogens with two attached hydrogens (primary N) is 1. The Labute approximate surface area is 98.0 Å². The first-order valence-corrected chi connectivity index (χ1v) is 6.36. The Morgan fingerprint density at radius 2 is 2.29 bits per heavy atom. The van der Waals surface area contributed by atoms with Crippen LogP contribution in [0.15, 0.2) is 16.4 Å². The Hall–Kier alpha value is -1.61. The highest BCUT2D eigenvalue weighted by Gasteiger charge is 2.26. The number of rotatable bonds is 2. The van der Waals surface area contributed by atoms with Gasteiger partial charge in [0.25, 0.3) is 15.9 Å². The Kier molecular flexibility index (Phi) is 2.79. The zero-order valence-electron chi connectivity index (χ0n) is 9.32. The predicted octanol–water partition coefficient (Wildman–Crippen LogP) is -0.836. The number of aryl methyl sites for hydroxylation is 1. The third kappa shape index (κ3) is 2.24. The molecule has 0 aromatic carbocycles. The van der Waals surface area contributed by atoms with Crippen LogP contribution >= 0.6 is 0 Å². The van der Waals surface area contributed by atoms with Crippen molar-refractivity contribution in [1.29, 1.82) is 0 Å². The molecule has 9 heteroatoms. The van der Waals surface area contributed by atoms with E-state index in [1.807, 2.05) is 0 Å². The molecule has 0 radical (unpaired) electrons. The van der Waals surface area contributed by atoms with Crippen LogP contribution in [0.3, 0.4) is 0 Å². The standard InChI is InChI=1S/C8H12N4O4S/c1-5-4-15-7(11-16-5)6-3-10-12(2)8(6)17(9,13)14/h3,5H,4H2,1-2H3,(H2,9,13,14). The number of hydrogen-bond donors (Lipinski definition) is 1. The highest BCUT2D eigenvalue weighted by molar-refractivity contribution is 7.89. The molecule has 0 bridgehead atoms.